The molecule has 1 aromatic carbocycles. The molecule has 1 saturated heterocycles. The third-order valence-electron chi connectivity index (χ3n) is 4.96. The van der Waals surface area contributed by atoms with Crippen LogP contribution in [0.25, 0.3) is 0 Å². The van der Waals surface area contributed by atoms with E-state index in [4.69, 9.17) is 4.74 Å². The quantitative estimate of drug-likeness (QED) is 0.490. The molecule has 0 N–H and O–H groups in total. The number of halogens is 4. The molecule has 0 spiro atoms. The fourth-order valence-corrected chi connectivity index (χ4v) is 3.80. The molecule has 1 aliphatic rings. The molecular formula is C22H28F4N2O4. The molecule has 1 fully saturated rings. The molecule has 178 valence electrons. The van der Waals surface area contributed by atoms with Crippen molar-refractivity contribution in [1.82, 2.24) is 9.80 Å². The van der Waals surface area contributed by atoms with E-state index in [-0.39, 0.29) is 5.56 Å². The smallest absolute Gasteiger partial charge is 0.444 e. The minimum Gasteiger partial charge on any atom is -0.444 e. The molecule has 1 heterocycles. The van der Waals surface area contributed by atoms with Gasteiger partial charge in [0.25, 0.3) is 5.78 Å². The maximum absolute atomic E-state index is 14.5. The highest BCUT2D eigenvalue weighted by atomic mass is 19.4. The molecule has 1 aliphatic heterocycles. The minimum absolute atomic E-state index is 0.282. The van der Waals surface area contributed by atoms with Crippen molar-refractivity contribution in [3.8, 4) is 0 Å². The molecule has 2 amide bonds. The number of hydrogen-bond donors (Lipinski definition) is 0. The van der Waals surface area contributed by atoms with Gasteiger partial charge in [0.15, 0.2) is 0 Å². The van der Waals surface area contributed by atoms with Crippen molar-refractivity contribution in [3.05, 3.63) is 35.1 Å². The maximum atomic E-state index is 14.5. The van der Waals surface area contributed by atoms with Crippen molar-refractivity contribution in [3.63, 3.8) is 0 Å². The molecule has 0 saturated carbocycles. The lowest BCUT2D eigenvalue weighted by molar-refractivity contribution is -0.129. The second kappa shape index (κ2) is 8.37. The zero-order valence-electron chi connectivity index (χ0n) is 19.1. The third kappa shape index (κ3) is 5.39. The molecular weight excluding hydrogens is 432 g/mol. The number of alkyl halides is 3. The van der Waals surface area contributed by atoms with Gasteiger partial charge in [0.1, 0.15) is 23.6 Å². The van der Waals surface area contributed by atoms with Crippen molar-refractivity contribution >= 4 is 17.8 Å². The Hall–Kier alpha value is -2.65. The fraction of sp³-hybridized carbons (Fsp3) is 0.591. The molecule has 0 radical (unpaired) electrons. The third-order valence-corrected chi connectivity index (χ3v) is 4.96. The van der Waals surface area contributed by atoms with Crippen molar-refractivity contribution in [2.45, 2.75) is 71.9 Å². The van der Waals surface area contributed by atoms with Crippen LogP contribution in [0.4, 0.5) is 22.4 Å². The molecule has 0 aromatic heterocycles. The van der Waals surface area contributed by atoms with Crippen LogP contribution in [0.5, 0.6) is 0 Å². The summed E-state index contributed by atoms with van der Waals surface area (Å²) in [6, 6.07) is 1.04. The Morgan fingerprint density at radius 3 is 2.09 bits per heavy atom. The Morgan fingerprint density at radius 1 is 1.06 bits per heavy atom. The first kappa shape index (κ1) is 25.6. The van der Waals surface area contributed by atoms with Crippen molar-refractivity contribution in [2.24, 2.45) is 5.41 Å². The number of benzene rings is 1. The molecule has 6 nitrogen and oxygen atoms in total. The topological polar surface area (TPSA) is 66.9 Å². The van der Waals surface area contributed by atoms with E-state index in [1.54, 1.807) is 20.8 Å². The molecule has 0 aliphatic carbocycles. The van der Waals surface area contributed by atoms with Crippen molar-refractivity contribution < 1.29 is 36.7 Å². The Balaban J connectivity index is 2.51. The van der Waals surface area contributed by atoms with Crippen LogP contribution in [0, 0.1) is 11.2 Å². The van der Waals surface area contributed by atoms with Gasteiger partial charge in [-0.1, -0.05) is 20.8 Å². The predicted octanol–water partition coefficient (Wildman–Crippen LogP) is 4.56. The number of Topliss-reactive ketones (excluding diaryl/α,β-unsaturated/α-hetero) is 1. The van der Waals surface area contributed by atoms with Crippen LogP contribution in [0.1, 0.15) is 57.5 Å². The number of hydrogen-bond acceptors (Lipinski definition) is 4. The molecule has 0 unspecified atom stereocenters. The average molecular weight is 460 g/mol. The number of carbonyl (C=O) groups excluding carboxylic acids is 3. The van der Waals surface area contributed by atoms with E-state index in [0.29, 0.717) is 0 Å². The van der Waals surface area contributed by atoms with Crippen LogP contribution < -0.4 is 0 Å². The SMILES string of the molecule is CN1C(=O)[C@H](Cc2cc(C(=O)C(F)(F)F)ccc2F)N(C(=O)OC(C)(C)C)[C@H]1C(C)(C)C. The van der Waals surface area contributed by atoms with Gasteiger partial charge in [0.2, 0.25) is 5.91 Å². The van der Waals surface area contributed by atoms with Gasteiger partial charge >= 0.3 is 12.3 Å². The van der Waals surface area contributed by atoms with E-state index >= 15 is 0 Å². The van der Waals surface area contributed by atoms with Gasteiger partial charge in [-0.15, -0.1) is 0 Å². The lowest BCUT2D eigenvalue weighted by Crippen LogP contribution is -2.52. The lowest BCUT2D eigenvalue weighted by atomic mass is 9.91. The number of nitrogens with zero attached hydrogens (tertiary/aromatic N) is 2. The van der Waals surface area contributed by atoms with Crippen LogP contribution >= 0.6 is 0 Å². The zero-order chi connectivity index (χ0) is 24.8. The first-order valence-electron chi connectivity index (χ1n) is 10.0. The van der Waals surface area contributed by atoms with Crippen LogP contribution in [0.2, 0.25) is 0 Å². The monoisotopic (exact) mass is 460 g/mol. The summed E-state index contributed by atoms with van der Waals surface area (Å²) in [4.78, 5) is 40.2. The summed E-state index contributed by atoms with van der Waals surface area (Å²) < 4.78 is 58.4. The Bertz CT molecular complexity index is 916. The molecule has 2 rings (SSSR count). The largest absolute Gasteiger partial charge is 0.454 e. The highest BCUT2D eigenvalue weighted by Gasteiger charge is 2.52. The van der Waals surface area contributed by atoms with Gasteiger partial charge in [-0.3, -0.25) is 14.5 Å². The summed E-state index contributed by atoms with van der Waals surface area (Å²) in [5.74, 6) is -3.52. The van der Waals surface area contributed by atoms with Crippen LogP contribution in [-0.4, -0.2) is 58.6 Å². The summed E-state index contributed by atoms with van der Waals surface area (Å²) in [6.45, 7) is 10.4. The van der Waals surface area contributed by atoms with Gasteiger partial charge in [-0.25, -0.2) is 9.18 Å². The molecule has 0 bridgehead atoms. The summed E-state index contributed by atoms with van der Waals surface area (Å²) >= 11 is 0. The number of amides is 2. The Kier molecular flexibility index (Phi) is 6.69. The highest BCUT2D eigenvalue weighted by Crippen LogP contribution is 2.36. The second-order valence-corrected chi connectivity index (χ2v) is 9.93. The number of carbonyl (C=O) groups is 3. The molecule has 32 heavy (non-hydrogen) atoms. The zero-order valence-corrected chi connectivity index (χ0v) is 19.1. The van der Waals surface area contributed by atoms with Crippen LogP contribution in [0.3, 0.4) is 0 Å². The second-order valence-electron chi connectivity index (χ2n) is 9.93. The number of ether oxygens (including phenoxy) is 1. The van der Waals surface area contributed by atoms with E-state index < -0.39 is 65.0 Å². The van der Waals surface area contributed by atoms with E-state index in [2.05, 4.69) is 0 Å². The fourth-order valence-electron chi connectivity index (χ4n) is 3.80. The van der Waals surface area contributed by atoms with Crippen LogP contribution in [-0.2, 0) is 16.0 Å². The number of rotatable bonds is 3. The number of likely N-dealkylation sites (N-methyl/N-ethyl adjacent to an activating group) is 1. The normalized spacial score (nSPS) is 20.0. The van der Waals surface area contributed by atoms with Gasteiger partial charge in [-0.05, 0) is 44.5 Å². The van der Waals surface area contributed by atoms with E-state index in [1.807, 2.05) is 20.8 Å². The van der Waals surface area contributed by atoms with Crippen molar-refractivity contribution in [2.75, 3.05) is 7.05 Å². The molecule has 1 aromatic rings. The van der Waals surface area contributed by atoms with E-state index in [1.165, 1.54) is 16.8 Å². The Morgan fingerprint density at radius 2 is 1.62 bits per heavy atom. The van der Waals surface area contributed by atoms with Gasteiger partial charge < -0.3 is 9.64 Å². The summed E-state index contributed by atoms with van der Waals surface area (Å²) in [7, 11) is 1.50. The van der Waals surface area contributed by atoms with Gasteiger partial charge in [0, 0.05) is 24.4 Å². The predicted molar refractivity (Wildman–Crippen MR) is 108 cm³/mol. The average Bonchev–Trinajstić information content (AvgIpc) is 2.85. The first-order valence-corrected chi connectivity index (χ1v) is 10.0. The van der Waals surface area contributed by atoms with Gasteiger partial charge in [-0.2, -0.15) is 13.2 Å². The first-order chi connectivity index (χ1) is 14.3. The highest BCUT2D eigenvalue weighted by molar-refractivity contribution is 6.00. The van der Waals surface area contributed by atoms with Crippen LogP contribution in [0.15, 0.2) is 18.2 Å². The minimum atomic E-state index is -5.13. The number of ketones is 1. The summed E-state index contributed by atoms with van der Waals surface area (Å²) in [5, 5.41) is 0. The van der Waals surface area contributed by atoms with Gasteiger partial charge in [0.05, 0.1) is 0 Å². The molecule has 10 heteroatoms. The summed E-state index contributed by atoms with van der Waals surface area (Å²) in [6.07, 6.45) is -7.08. The van der Waals surface area contributed by atoms with E-state index in [9.17, 15) is 31.9 Å². The lowest BCUT2D eigenvalue weighted by Gasteiger charge is -2.39. The standard InChI is InChI=1S/C22H28F4N2O4/c1-20(2,3)18-27(7)17(30)15(28(18)19(31)32-21(4,5)6)11-13-10-12(8-9-14(13)23)16(29)22(24,25)26/h8-10,15,18H,11H2,1-7H3/t15-,18-/m0/s1. The molecule has 2 atom stereocenters. The summed E-state index contributed by atoms with van der Waals surface area (Å²) in [5.41, 5.74) is -2.51. The Labute approximate surface area is 184 Å². The maximum Gasteiger partial charge on any atom is 0.454 e. The van der Waals surface area contributed by atoms with Crippen molar-refractivity contribution in [1.29, 1.82) is 0 Å². The van der Waals surface area contributed by atoms with E-state index in [0.717, 1.165) is 18.2 Å².